The molecule has 0 bridgehead atoms. The third-order valence-electron chi connectivity index (χ3n) is 6.38. The molecule has 1 saturated carbocycles. The zero-order valence-electron chi connectivity index (χ0n) is 18.6. The minimum Gasteiger partial charge on any atom is -0.271 e. The van der Waals surface area contributed by atoms with Gasteiger partial charge in [0.2, 0.25) is 0 Å². The van der Waals surface area contributed by atoms with Crippen LogP contribution >= 0.6 is 43.5 Å². The number of amides is 1. The molecule has 1 aliphatic carbocycles. The molecule has 2 heterocycles. The summed E-state index contributed by atoms with van der Waals surface area (Å²) >= 11 is 13.4. The first-order chi connectivity index (χ1) is 16.4. The van der Waals surface area contributed by atoms with Gasteiger partial charge in [0.1, 0.15) is 0 Å². The van der Waals surface area contributed by atoms with Gasteiger partial charge in [-0.1, -0.05) is 67.7 Å². The van der Waals surface area contributed by atoms with Gasteiger partial charge < -0.3 is 0 Å². The number of benzene rings is 2. The van der Waals surface area contributed by atoms with Crippen LogP contribution in [0, 0.1) is 5.92 Å². The highest BCUT2D eigenvalue weighted by Gasteiger charge is 2.44. The summed E-state index contributed by atoms with van der Waals surface area (Å²) in [6.07, 6.45) is 6.84. The first-order valence-electron chi connectivity index (χ1n) is 11.3. The maximum Gasteiger partial charge on any atom is 0.296 e. The smallest absolute Gasteiger partial charge is 0.271 e. The van der Waals surface area contributed by atoms with Gasteiger partial charge in [-0.25, -0.2) is 5.01 Å². The van der Waals surface area contributed by atoms with Crippen molar-refractivity contribution in [1.82, 2.24) is 14.8 Å². The summed E-state index contributed by atoms with van der Waals surface area (Å²) in [5.41, 5.74) is 4.59. The molecule has 1 aromatic heterocycles. The van der Waals surface area contributed by atoms with Crippen molar-refractivity contribution in [1.29, 1.82) is 0 Å². The van der Waals surface area contributed by atoms with Crippen molar-refractivity contribution < 1.29 is 4.79 Å². The van der Waals surface area contributed by atoms with Gasteiger partial charge in [-0.15, -0.1) is 0 Å². The third-order valence-corrected chi connectivity index (χ3v) is 7.71. The molecular formula is C26H23Br2ClN4O. The van der Waals surface area contributed by atoms with Gasteiger partial charge >= 0.3 is 0 Å². The van der Waals surface area contributed by atoms with Gasteiger partial charge in [0, 0.05) is 27.6 Å². The number of halogens is 3. The highest BCUT2D eigenvalue weighted by atomic mass is 79.9. The fourth-order valence-electron chi connectivity index (χ4n) is 4.73. The Morgan fingerprint density at radius 1 is 1.12 bits per heavy atom. The summed E-state index contributed by atoms with van der Waals surface area (Å²) in [5, 5.41) is 11.3. The van der Waals surface area contributed by atoms with Crippen LogP contribution in [0.3, 0.4) is 0 Å². The molecule has 0 saturated heterocycles. The number of aryl methyl sites for hydroxylation is 1. The van der Waals surface area contributed by atoms with Crippen LogP contribution in [0.4, 0.5) is 0 Å². The van der Waals surface area contributed by atoms with Gasteiger partial charge in [0.25, 0.3) is 5.91 Å². The second-order valence-electron chi connectivity index (χ2n) is 8.53. The Labute approximate surface area is 220 Å². The van der Waals surface area contributed by atoms with Crippen molar-refractivity contribution in [3.63, 3.8) is 0 Å². The lowest BCUT2D eigenvalue weighted by atomic mass is 9.77. The van der Waals surface area contributed by atoms with E-state index in [1.165, 1.54) is 5.57 Å². The maximum absolute atomic E-state index is 13.7. The number of hydrogen-bond donors (Lipinski definition) is 0. The second kappa shape index (κ2) is 9.80. The number of fused-ring (bicyclic) bond motifs is 1. The van der Waals surface area contributed by atoms with Crippen LogP contribution in [-0.2, 0) is 6.54 Å². The molecule has 5 nitrogen and oxygen atoms in total. The zero-order valence-corrected chi connectivity index (χ0v) is 22.5. The zero-order chi connectivity index (χ0) is 23.8. The lowest BCUT2D eigenvalue weighted by molar-refractivity contribution is 0.0674. The van der Waals surface area contributed by atoms with E-state index in [0.717, 1.165) is 45.0 Å². The van der Waals surface area contributed by atoms with Crippen molar-refractivity contribution in [2.24, 2.45) is 11.0 Å². The number of carbonyl (C=O) groups is 1. The van der Waals surface area contributed by atoms with Crippen molar-refractivity contribution >= 4 is 61.2 Å². The minimum atomic E-state index is -0.269. The van der Waals surface area contributed by atoms with E-state index in [-0.39, 0.29) is 23.6 Å². The van der Waals surface area contributed by atoms with E-state index in [2.05, 4.69) is 67.3 Å². The Morgan fingerprint density at radius 3 is 2.44 bits per heavy atom. The molecule has 1 amide bonds. The number of carbonyl (C=O) groups excluding carboxylic acids is 1. The van der Waals surface area contributed by atoms with Crippen LogP contribution in [0.2, 0.25) is 5.02 Å². The van der Waals surface area contributed by atoms with E-state index in [0.29, 0.717) is 11.6 Å². The van der Waals surface area contributed by atoms with Crippen molar-refractivity contribution in [3.8, 4) is 0 Å². The van der Waals surface area contributed by atoms with E-state index >= 15 is 0 Å². The van der Waals surface area contributed by atoms with Crippen LogP contribution in [0.15, 0.2) is 74.3 Å². The lowest BCUT2D eigenvalue weighted by Crippen LogP contribution is -2.32. The monoisotopic (exact) mass is 600 g/mol. The average molecular weight is 603 g/mol. The summed E-state index contributed by atoms with van der Waals surface area (Å²) in [7, 11) is 0. The van der Waals surface area contributed by atoms with Crippen LogP contribution in [-0.4, -0.2) is 26.4 Å². The molecule has 0 spiro atoms. The number of rotatable bonds is 4. The number of nitrogens with zero attached hydrogens (tertiary/aromatic N) is 4. The van der Waals surface area contributed by atoms with Gasteiger partial charge in [-0.05, 0) is 73.2 Å². The Balaban J connectivity index is 1.58. The Hall–Kier alpha value is -2.22. The number of allylic oxidation sites excluding steroid dienone is 1. The predicted molar refractivity (Wildman–Crippen MR) is 143 cm³/mol. The topological polar surface area (TPSA) is 50.5 Å². The second-order valence-corrected chi connectivity index (χ2v) is 10.8. The molecule has 174 valence electrons. The van der Waals surface area contributed by atoms with Crippen LogP contribution in [0.1, 0.15) is 53.8 Å². The molecule has 5 rings (SSSR count). The molecule has 8 heteroatoms. The van der Waals surface area contributed by atoms with Gasteiger partial charge in [0.05, 0.1) is 16.8 Å². The molecule has 1 aliphatic heterocycles. The van der Waals surface area contributed by atoms with E-state index < -0.39 is 0 Å². The number of hydrazone groups is 1. The summed E-state index contributed by atoms with van der Waals surface area (Å²) in [4.78, 5) is 13.7. The molecule has 2 unspecified atom stereocenters. The minimum absolute atomic E-state index is 0.118. The summed E-state index contributed by atoms with van der Waals surface area (Å²) in [6, 6.07) is 16.2. The van der Waals surface area contributed by atoms with Crippen LogP contribution < -0.4 is 0 Å². The molecule has 2 aliphatic rings. The molecule has 34 heavy (non-hydrogen) atoms. The van der Waals surface area contributed by atoms with Gasteiger partial charge in [-0.3, -0.25) is 9.48 Å². The summed E-state index contributed by atoms with van der Waals surface area (Å²) < 4.78 is 3.72. The molecule has 2 atom stereocenters. The normalized spacial score (nSPS) is 21.0. The molecule has 3 aromatic rings. The number of hydrogen-bond acceptors (Lipinski definition) is 3. The predicted octanol–water partition coefficient (Wildman–Crippen LogP) is 7.52. The highest BCUT2D eigenvalue weighted by molar-refractivity contribution is 9.10. The van der Waals surface area contributed by atoms with Crippen molar-refractivity contribution in [3.05, 3.63) is 91.1 Å². The Morgan fingerprint density at radius 2 is 1.79 bits per heavy atom. The largest absolute Gasteiger partial charge is 0.296 e. The molecular weight excluding hydrogens is 580 g/mol. The Bertz CT molecular complexity index is 1280. The quantitative estimate of drug-likeness (QED) is 0.310. The van der Waals surface area contributed by atoms with Gasteiger partial charge in [0.15, 0.2) is 5.69 Å². The van der Waals surface area contributed by atoms with E-state index in [1.807, 2.05) is 31.2 Å². The van der Waals surface area contributed by atoms with Crippen LogP contribution in [0.5, 0.6) is 0 Å². The summed E-state index contributed by atoms with van der Waals surface area (Å²) in [6.45, 7) is 2.60. The van der Waals surface area contributed by atoms with E-state index in [9.17, 15) is 4.79 Å². The van der Waals surface area contributed by atoms with Gasteiger partial charge in [-0.2, -0.15) is 10.2 Å². The first-order valence-corrected chi connectivity index (χ1v) is 13.3. The third kappa shape index (κ3) is 4.53. The molecule has 0 radical (unpaired) electrons. The van der Waals surface area contributed by atoms with Crippen molar-refractivity contribution in [2.45, 2.75) is 38.8 Å². The van der Waals surface area contributed by atoms with Crippen molar-refractivity contribution in [2.75, 3.05) is 0 Å². The van der Waals surface area contributed by atoms with Crippen LogP contribution in [0.25, 0.3) is 6.08 Å². The molecule has 1 fully saturated rings. The highest BCUT2D eigenvalue weighted by Crippen LogP contribution is 2.45. The molecule has 0 N–H and O–H groups in total. The molecule has 2 aromatic carbocycles. The van der Waals surface area contributed by atoms with E-state index in [1.54, 1.807) is 15.9 Å². The standard InChI is InChI=1S/C26H23Br2ClN4O/c1-2-32-15-22(29)24(30-32)26(34)33-25(17-8-12-20(28)13-9-17)21-5-3-4-18(23(21)31-33)14-16-6-10-19(27)11-7-16/h6-15,21,25H,2-5H2,1H3/b18-14+. The number of aromatic nitrogens is 2. The maximum atomic E-state index is 13.7. The lowest BCUT2D eigenvalue weighted by Gasteiger charge is -2.29. The Kier molecular flexibility index (Phi) is 6.78. The van der Waals surface area contributed by atoms with E-state index in [4.69, 9.17) is 16.7 Å². The SMILES string of the molecule is CCn1cc(Cl)c(C(=O)N2N=C3/C(=C/c4ccc(Br)cc4)CCCC3C2c2ccc(Br)cc2)n1. The summed E-state index contributed by atoms with van der Waals surface area (Å²) in [5.74, 6) is -0.150. The fraction of sp³-hybridized carbons (Fsp3) is 0.269. The average Bonchev–Trinajstić information content (AvgIpc) is 3.42. The first kappa shape index (κ1) is 23.5. The fourth-order valence-corrected chi connectivity index (χ4v) is 5.49.